The van der Waals surface area contributed by atoms with Crippen LogP contribution in [0.5, 0.6) is 5.75 Å². The van der Waals surface area contributed by atoms with Crippen molar-refractivity contribution in [3.63, 3.8) is 0 Å². The molecule has 1 aliphatic carbocycles. The Morgan fingerprint density at radius 3 is 2.74 bits per heavy atom. The monoisotopic (exact) mass is 260 g/mol. The van der Waals surface area contributed by atoms with E-state index in [0.29, 0.717) is 11.7 Å². The van der Waals surface area contributed by atoms with Gasteiger partial charge in [0.25, 0.3) is 0 Å². The highest BCUT2D eigenvalue weighted by Gasteiger charge is 2.44. The Morgan fingerprint density at radius 2 is 2.05 bits per heavy atom. The van der Waals surface area contributed by atoms with E-state index in [4.69, 9.17) is 4.74 Å². The SMILES string of the molecule is COc1cccc2c1NC(=O)C1(CCC(C)CC1)N2. The molecule has 1 aromatic rings. The van der Waals surface area contributed by atoms with Crippen LogP contribution in [0.15, 0.2) is 18.2 Å². The van der Waals surface area contributed by atoms with Gasteiger partial charge in [-0.05, 0) is 43.7 Å². The summed E-state index contributed by atoms with van der Waals surface area (Å²) in [7, 11) is 1.62. The number of ether oxygens (including phenoxy) is 1. The van der Waals surface area contributed by atoms with E-state index in [0.717, 1.165) is 37.1 Å². The second-order valence-electron chi connectivity index (χ2n) is 5.73. The van der Waals surface area contributed by atoms with Crippen LogP contribution in [0, 0.1) is 5.92 Å². The predicted octanol–water partition coefficient (Wildman–Crippen LogP) is 3.01. The summed E-state index contributed by atoms with van der Waals surface area (Å²) in [5, 5.41) is 6.49. The molecule has 0 bridgehead atoms. The Hall–Kier alpha value is -1.71. The van der Waals surface area contributed by atoms with Gasteiger partial charge in [0.1, 0.15) is 17.0 Å². The van der Waals surface area contributed by atoms with Crippen molar-refractivity contribution in [3.05, 3.63) is 18.2 Å². The summed E-state index contributed by atoms with van der Waals surface area (Å²) in [5.74, 6) is 1.50. The number of carbonyl (C=O) groups is 1. The van der Waals surface area contributed by atoms with Gasteiger partial charge in [0.15, 0.2) is 0 Å². The molecule has 1 amide bonds. The Labute approximate surface area is 113 Å². The molecule has 1 saturated carbocycles. The van der Waals surface area contributed by atoms with Gasteiger partial charge in [-0.15, -0.1) is 0 Å². The van der Waals surface area contributed by atoms with E-state index in [2.05, 4.69) is 17.6 Å². The highest BCUT2D eigenvalue weighted by molar-refractivity contribution is 6.07. The third-order valence-electron chi connectivity index (χ3n) is 4.42. The van der Waals surface area contributed by atoms with E-state index in [9.17, 15) is 4.79 Å². The zero-order chi connectivity index (χ0) is 13.5. The van der Waals surface area contributed by atoms with Crippen LogP contribution in [-0.2, 0) is 4.79 Å². The number of hydrogen-bond donors (Lipinski definition) is 2. The number of amides is 1. The number of fused-ring (bicyclic) bond motifs is 1. The summed E-state index contributed by atoms with van der Waals surface area (Å²) >= 11 is 0. The molecule has 2 N–H and O–H groups in total. The van der Waals surface area contributed by atoms with Crippen molar-refractivity contribution >= 4 is 17.3 Å². The zero-order valence-corrected chi connectivity index (χ0v) is 11.5. The van der Waals surface area contributed by atoms with Crippen molar-refractivity contribution in [1.29, 1.82) is 0 Å². The van der Waals surface area contributed by atoms with Gasteiger partial charge in [-0.3, -0.25) is 4.79 Å². The second-order valence-corrected chi connectivity index (χ2v) is 5.73. The smallest absolute Gasteiger partial charge is 0.250 e. The van der Waals surface area contributed by atoms with Crippen molar-refractivity contribution in [3.8, 4) is 5.75 Å². The summed E-state index contributed by atoms with van der Waals surface area (Å²) in [5.41, 5.74) is 1.30. The van der Waals surface area contributed by atoms with Crippen molar-refractivity contribution in [2.45, 2.75) is 38.1 Å². The molecule has 1 aliphatic heterocycles. The van der Waals surface area contributed by atoms with E-state index in [1.54, 1.807) is 7.11 Å². The first-order chi connectivity index (χ1) is 9.14. The van der Waals surface area contributed by atoms with Gasteiger partial charge in [-0.2, -0.15) is 0 Å². The van der Waals surface area contributed by atoms with Crippen LogP contribution < -0.4 is 15.4 Å². The molecular weight excluding hydrogens is 240 g/mol. The maximum absolute atomic E-state index is 12.5. The minimum absolute atomic E-state index is 0.0800. The van der Waals surface area contributed by atoms with Crippen LogP contribution in [0.1, 0.15) is 32.6 Å². The normalized spacial score (nSPS) is 29.4. The van der Waals surface area contributed by atoms with Crippen molar-refractivity contribution in [2.75, 3.05) is 17.7 Å². The topological polar surface area (TPSA) is 50.4 Å². The Kier molecular flexibility index (Phi) is 2.88. The molecule has 3 rings (SSSR count). The molecule has 4 heteroatoms. The maximum Gasteiger partial charge on any atom is 0.250 e. The van der Waals surface area contributed by atoms with Crippen molar-refractivity contribution < 1.29 is 9.53 Å². The standard InChI is InChI=1S/C15H20N2O2/c1-10-6-8-15(9-7-10)14(18)16-13-11(17-15)4-3-5-12(13)19-2/h3-5,10,17H,6-9H2,1-2H3,(H,16,18). The van der Waals surface area contributed by atoms with Crippen LogP contribution in [0.3, 0.4) is 0 Å². The molecule has 0 radical (unpaired) electrons. The fraction of sp³-hybridized carbons (Fsp3) is 0.533. The molecule has 1 spiro atoms. The van der Waals surface area contributed by atoms with E-state index in [1.807, 2.05) is 18.2 Å². The van der Waals surface area contributed by atoms with Crippen LogP contribution in [0.4, 0.5) is 11.4 Å². The molecule has 0 atom stereocenters. The molecule has 2 aliphatic rings. The number of carbonyl (C=O) groups excluding carboxylic acids is 1. The number of hydrogen-bond acceptors (Lipinski definition) is 3. The number of rotatable bonds is 1. The van der Waals surface area contributed by atoms with E-state index in [1.165, 1.54) is 0 Å². The minimum Gasteiger partial charge on any atom is -0.494 e. The summed E-state index contributed by atoms with van der Waals surface area (Å²) in [6.45, 7) is 2.25. The average Bonchev–Trinajstić information content (AvgIpc) is 2.43. The Bertz CT molecular complexity index is 505. The molecule has 1 fully saturated rings. The molecule has 19 heavy (non-hydrogen) atoms. The summed E-state index contributed by atoms with van der Waals surface area (Å²) in [6.07, 6.45) is 3.99. The van der Waals surface area contributed by atoms with Crippen molar-refractivity contribution in [1.82, 2.24) is 0 Å². The molecule has 4 nitrogen and oxygen atoms in total. The molecule has 0 aromatic heterocycles. The minimum atomic E-state index is -0.425. The van der Waals surface area contributed by atoms with E-state index >= 15 is 0 Å². The molecule has 0 saturated heterocycles. The number of anilines is 2. The third-order valence-corrected chi connectivity index (χ3v) is 4.42. The molecule has 1 heterocycles. The van der Waals surface area contributed by atoms with Gasteiger partial charge in [-0.25, -0.2) is 0 Å². The maximum atomic E-state index is 12.5. The Balaban J connectivity index is 1.94. The lowest BCUT2D eigenvalue weighted by Gasteiger charge is -2.42. The first-order valence-corrected chi connectivity index (χ1v) is 6.91. The highest BCUT2D eigenvalue weighted by Crippen LogP contribution is 2.43. The Morgan fingerprint density at radius 1 is 1.32 bits per heavy atom. The summed E-state index contributed by atoms with van der Waals surface area (Å²) in [6, 6.07) is 5.81. The predicted molar refractivity (Wildman–Crippen MR) is 75.6 cm³/mol. The molecule has 102 valence electrons. The van der Waals surface area contributed by atoms with E-state index < -0.39 is 5.54 Å². The average molecular weight is 260 g/mol. The van der Waals surface area contributed by atoms with Gasteiger partial charge >= 0.3 is 0 Å². The molecule has 1 aromatic carbocycles. The van der Waals surface area contributed by atoms with E-state index in [-0.39, 0.29) is 5.91 Å². The first-order valence-electron chi connectivity index (χ1n) is 6.91. The molecular formula is C15H20N2O2. The lowest BCUT2D eigenvalue weighted by atomic mass is 9.75. The van der Waals surface area contributed by atoms with Crippen LogP contribution in [0.2, 0.25) is 0 Å². The zero-order valence-electron chi connectivity index (χ0n) is 11.5. The first kappa shape index (κ1) is 12.3. The highest BCUT2D eigenvalue weighted by atomic mass is 16.5. The third kappa shape index (κ3) is 1.95. The number of para-hydroxylation sites is 1. The van der Waals surface area contributed by atoms with Crippen LogP contribution >= 0.6 is 0 Å². The summed E-state index contributed by atoms with van der Waals surface area (Å²) in [4.78, 5) is 12.5. The lowest BCUT2D eigenvalue weighted by Crippen LogP contribution is -2.54. The summed E-state index contributed by atoms with van der Waals surface area (Å²) < 4.78 is 5.30. The van der Waals surface area contributed by atoms with Gasteiger partial charge in [0.05, 0.1) is 12.8 Å². The number of methoxy groups -OCH3 is 1. The number of benzene rings is 1. The van der Waals surface area contributed by atoms with Crippen LogP contribution in [0.25, 0.3) is 0 Å². The van der Waals surface area contributed by atoms with Gasteiger partial charge in [-0.1, -0.05) is 13.0 Å². The van der Waals surface area contributed by atoms with Gasteiger partial charge in [0.2, 0.25) is 5.91 Å². The van der Waals surface area contributed by atoms with Gasteiger partial charge < -0.3 is 15.4 Å². The quantitative estimate of drug-likeness (QED) is 0.816. The molecule has 0 unspecified atom stereocenters. The van der Waals surface area contributed by atoms with Crippen LogP contribution in [-0.4, -0.2) is 18.6 Å². The fourth-order valence-corrected chi connectivity index (χ4v) is 3.09. The number of nitrogens with one attached hydrogen (secondary N) is 2. The lowest BCUT2D eigenvalue weighted by molar-refractivity contribution is -0.121. The second kappa shape index (κ2) is 4.44. The van der Waals surface area contributed by atoms with Gasteiger partial charge in [0, 0.05) is 0 Å². The largest absolute Gasteiger partial charge is 0.494 e. The van der Waals surface area contributed by atoms with Crippen molar-refractivity contribution in [2.24, 2.45) is 5.92 Å². The fourth-order valence-electron chi connectivity index (χ4n) is 3.09.